The standard InChI is InChI=1S/C20H25NO6S2/c1-5-8-16-9-14-19(20(15-16)26-4)27-29(24,25)18-12-10-17(11-13-18)28(22,23)21(6-2)7-3/h5,8-15H,6-7H2,1-4H3/b8-5+. The lowest BCUT2D eigenvalue weighted by molar-refractivity contribution is 0.390. The average Bonchev–Trinajstić information content (AvgIpc) is 2.70. The van der Waals surface area contributed by atoms with Crippen LogP contribution in [0.2, 0.25) is 0 Å². The molecule has 2 aromatic carbocycles. The summed E-state index contributed by atoms with van der Waals surface area (Å²) in [5.74, 6) is 0.311. The fourth-order valence-electron chi connectivity index (χ4n) is 2.71. The van der Waals surface area contributed by atoms with Crippen LogP contribution in [0.3, 0.4) is 0 Å². The number of nitrogens with zero attached hydrogens (tertiary/aromatic N) is 1. The van der Waals surface area contributed by atoms with Crippen molar-refractivity contribution in [2.75, 3.05) is 20.2 Å². The Morgan fingerprint density at radius 2 is 1.48 bits per heavy atom. The number of allylic oxidation sites excluding steroid dienone is 1. The largest absolute Gasteiger partial charge is 0.493 e. The Morgan fingerprint density at radius 1 is 0.897 bits per heavy atom. The second-order valence-electron chi connectivity index (χ2n) is 6.01. The van der Waals surface area contributed by atoms with E-state index >= 15 is 0 Å². The molecule has 158 valence electrons. The van der Waals surface area contributed by atoms with Crippen molar-refractivity contribution in [1.82, 2.24) is 4.31 Å². The molecule has 0 atom stereocenters. The Bertz CT molecular complexity index is 1070. The highest BCUT2D eigenvalue weighted by Gasteiger charge is 2.24. The number of ether oxygens (including phenoxy) is 1. The first-order chi connectivity index (χ1) is 13.7. The minimum absolute atomic E-state index is 0.0217. The van der Waals surface area contributed by atoms with E-state index in [1.54, 1.807) is 26.0 Å². The first kappa shape index (κ1) is 22.9. The summed E-state index contributed by atoms with van der Waals surface area (Å²) < 4.78 is 62.1. The molecule has 0 aliphatic rings. The molecule has 2 rings (SSSR count). The van der Waals surface area contributed by atoms with E-state index in [0.29, 0.717) is 13.1 Å². The Labute approximate surface area is 172 Å². The zero-order valence-corrected chi connectivity index (χ0v) is 18.5. The molecule has 0 saturated carbocycles. The lowest BCUT2D eigenvalue weighted by Crippen LogP contribution is -2.30. The van der Waals surface area contributed by atoms with Gasteiger partial charge in [0.1, 0.15) is 4.90 Å². The second kappa shape index (κ2) is 9.43. The lowest BCUT2D eigenvalue weighted by Gasteiger charge is -2.18. The molecule has 0 amide bonds. The Balaban J connectivity index is 2.33. The highest BCUT2D eigenvalue weighted by Crippen LogP contribution is 2.31. The summed E-state index contributed by atoms with van der Waals surface area (Å²) in [4.78, 5) is -0.135. The molecule has 2 aromatic rings. The van der Waals surface area contributed by atoms with E-state index < -0.39 is 20.1 Å². The van der Waals surface area contributed by atoms with Crippen molar-refractivity contribution in [2.24, 2.45) is 0 Å². The van der Waals surface area contributed by atoms with Crippen LogP contribution in [-0.2, 0) is 20.1 Å². The maximum atomic E-state index is 12.6. The van der Waals surface area contributed by atoms with Crippen LogP contribution >= 0.6 is 0 Å². The summed E-state index contributed by atoms with van der Waals surface area (Å²) in [5, 5.41) is 0. The molecule has 0 radical (unpaired) electrons. The molecule has 0 aliphatic carbocycles. The van der Waals surface area contributed by atoms with Gasteiger partial charge < -0.3 is 8.92 Å². The van der Waals surface area contributed by atoms with Gasteiger partial charge in [-0.15, -0.1) is 0 Å². The zero-order chi connectivity index (χ0) is 21.7. The van der Waals surface area contributed by atoms with Gasteiger partial charge in [0.25, 0.3) is 0 Å². The van der Waals surface area contributed by atoms with Crippen molar-refractivity contribution in [1.29, 1.82) is 0 Å². The summed E-state index contributed by atoms with van der Waals surface area (Å²) >= 11 is 0. The predicted octanol–water partition coefficient (Wildman–Crippen LogP) is 3.53. The van der Waals surface area contributed by atoms with Gasteiger partial charge in [-0.1, -0.05) is 32.1 Å². The third-order valence-electron chi connectivity index (χ3n) is 4.20. The van der Waals surface area contributed by atoms with E-state index in [1.165, 1.54) is 41.7 Å². The number of hydrogen-bond donors (Lipinski definition) is 0. The molecule has 7 nitrogen and oxygen atoms in total. The highest BCUT2D eigenvalue weighted by molar-refractivity contribution is 7.89. The van der Waals surface area contributed by atoms with Gasteiger partial charge >= 0.3 is 10.1 Å². The van der Waals surface area contributed by atoms with Gasteiger partial charge in [0.2, 0.25) is 10.0 Å². The molecule has 0 fully saturated rings. The van der Waals surface area contributed by atoms with Crippen LogP contribution in [0.25, 0.3) is 6.08 Å². The molecule has 0 aromatic heterocycles. The van der Waals surface area contributed by atoms with Crippen molar-refractivity contribution in [3.63, 3.8) is 0 Å². The average molecular weight is 440 g/mol. The van der Waals surface area contributed by atoms with E-state index in [9.17, 15) is 16.8 Å². The summed E-state index contributed by atoms with van der Waals surface area (Å²) in [5.41, 5.74) is 0.833. The molecule has 0 spiro atoms. The molecule has 0 aliphatic heterocycles. The van der Waals surface area contributed by atoms with Crippen molar-refractivity contribution >= 4 is 26.2 Å². The lowest BCUT2D eigenvalue weighted by atomic mass is 10.2. The maximum Gasteiger partial charge on any atom is 0.339 e. The highest BCUT2D eigenvalue weighted by atomic mass is 32.2. The Hall–Kier alpha value is -2.36. The first-order valence-corrected chi connectivity index (χ1v) is 11.9. The van der Waals surface area contributed by atoms with Gasteiger partial charge in [-0.05, 0) is 48.9 Å². The van der Waals surface area contributed by atoms with E-state index in [1.807, 2.05) is 19.1 Å². The van der Waals surface area contributed by atoms with Crippen molar-refractivity contribution < 1.29 is 25.8 Å². The topological polar surface area (TPSA) is 90.0 Å². The first-order valence-electron chi connectivity index (χ1n) is 9.05. The Kier molecular flexibility index (Phi) is 7.45. The second-order valence-corrected chi connectivity index (χ2v) is 9.49. The SMILES string of the molecule is C/C=C/c1ccc(OS(=O)(=O)c2ccc(S(=O)(=O)N(CC)CC)cc2)c(OC)c1. The zero-order valence-electron chi connectivity index (χ0n) is 16.8. The normalized spacial score (nSPS) is 12.4. The van der Waals surface area contributed by atoms with Crippen molar-refractivity contribution in [2.45, 2.75) is 30.6 Å². The van der Waals surface area contributed by atoms with E-state index in [2.05, 4.69) is 0 Å². The molecule has 0 bridgehead atoms. The number of methoxy groups -OCH3 is 1. The molecule has 0 N–H and O–H groups in total. The fourth-order valence-corrected chi connectivity index (χ4v) is 5.10. The fraction of sp³-hybridized carbons (Fsp3) is 0.300. The number of rotatable bonds is 9. The van der Waals surface area contributed by atoms with Crippen LogP contribution in [0.4, 0.5) is 0 Å². The van der Waals surface area contributed by atoms with E-state index in [0.717, 1.165) is 5.56 Å². The summed E-state index contributed by atoms with van der Waals surface area (Å²) in [7, 11) is -6.43. The molecular weight excluding hydrogens is 414 g/mol. The predicted molar refractivity (Wildman–Crippen MR) is 112 cm³/mol. The monoisotopic (exact) mass is 439 g/mol. The van der Waals surface area contributed by atoms with Crippen molar-refractivity contribution in [3.8, 4) is 11.5 Å². The number of sulfonamides is 1. The molecular formula is C20H25NO6S2. The van der Waals surface area contributed by atoms with Crippen LogP contribution in [0.15, 0.2) is 58.3 Å². The minimum Gasteiger partial charge on any atom is -0.493 e. The summed E-state index contributed by atoms with van der Waals surface area (Å²) in [6.45, 7) is 5.99. The molecule has 29 heavy (non-hydrogen) atoms. The number of benzene rings is 2. The van der Waals surface area contributed by atoms with E-state index in [-0.39, 0.29) is 21.3 Å². The summed E-state index contributed by atoms with van der Waals surface area (Å²) in [6, 6.07) is 9.81. The van der Waals surface area contributed by atoms with Crippen molar-refractivity contribution in [3.05, 3.63) is 54.1 Å². The quantitative estimate of drug-likeness (QED) is 0.555. The third kappa shape index (κ3) is 5.17. The smallest absolute Gasteiger partial charge is 0.339 e. The Morgan fingerprint density at radius 3 is 2.00 bits per heavy atom. The van der Waals surface area contributed by atoms with Gasteiger partial charge in [-0.2, -0.15) is 12.7 Å². The third-order valence-corrected chi connectivity index (χ3v) is 7.51. The van der Waals surface area contributed by atoms with Crippen LogP contribution < -0.4 is 8.92 Å². The minimum atomic E-state index is -4.17. The van der Waals surface area contributed by atoms with Gasteiger partial charge in [-0.3, -0.25) is 0 Å². The van der Waals surface area contributed by atoms with Gasteiger partial charge in [-0.25, -0.2) is 8.42 Å². The van der Waals surface area contributed by atoms with Gasteiger partial charge in [0, 0.05) is 13.1 Å². The molecule has 0 unspecified atom stereocenters. The maximum absolute atomic E-state index is 12.6. The van der Waals surface area contributed by atoms with Gasteiger partial charge in [0.05, 0.1) is 12.0 Å². The molecule has 0 heterocycles. The summed E-state index contributed by atoms with van der Waals surface area (Å²) in [6.07, 6.45) is 3.69. The number of hydrogen-bond acceptors (Lipinski definition) is 6. The van der Waals surface area contributed by atoms with E-state index in [4.69, 9.17) is 8.92 Å². The van der Waals surface area contributed by atoms with Crippen LogP contribution in [-0.4, -0.2) is 41.3 Å². The van der Waals surface area contributed by atoms with Crippen LogP contribution in [0, 0.1) is 0 Å². The molecule has 9 heteroatoms. The molecule has 0 saturated heterocycles. The van der Waals surface area contributed by atoms with Gasteiger partial charge in [0.15, 0.2) is 11.5 Å². The van der Waals surface area contributed by atoms with Crippen LogP contribution in [0.5, 0.6) is 11.5 Å². The van der Waals surface area contributed by atoms with Crippen LogP contribution in [0.1, 0.15) is 26.3 Å².